The number of aromatic nitrogens is 2. The predicted octanol–water partition coefficient (Wildman–Crippen LogP) is 14.0. The first-order valence-corrected chi connectivity index (χ1v) is 20.6. The normalized spacial score (nSPS) is 14.5. The van der Waals surface area contributed by atoms with Crippen LogP contribution in [0.15, 0.2) is 175 Å². The summed E-state index contributed by atoms with van der Waals surface area (Å²) >= 11 is 3.71. The fourth-order valence-corrected chi connectivity index (χ4v) is 11.8. The molecule has 0 fully saturated rings. The standard InChI is InChI=1S/C50H30N4S2/c1-2-14-30(15-3-1)53-38-22-10-6-16-31(38)37-28-29(26-27-40(37)53)46-44-35-20-8-13-25-42(35)56-49(44)52-50(51-46)54-39-23-11-7-19-34(39)43-32-17-4-5-18-33(32)48-45(47(43)54)36-21-9-12-24-41(36)55-48/h1-28,50,52H. The molecule has 13 rings (SSSR count). The van der Waals surface area contributed by atoms with E-state index in [2.05, 4.69) is 184 Å². The molecule has 0 saturated carbocycles. The van der Waals surface area contributed by atoms with Gasteiger partial charge in [0.05, 0.1) is 27.8 Å². The van der Waals surface area contributed by atoms with Crippen molar-refractivity contribution in [3.05, 3.63) is 181 Å². The highest BCUT2D eigenvalue weighted by atomic mass is 32.1. The smallest absolute Gasteiger partial charge is 0.202 e. The summed E-state index contributed by atoms with van der Waals surface area (Å²) in [5.41, 5.74) is 9.23. The second-order valence-electron chi connectivity index (χ2n) is 14.7. The van der Waals surface area contributed by atoms with Gasteiger partial charge in [-0.15, -0.1) is 22.7 Å². The van der Waals surface area contributed by atoms with E-state index in [9.17, 15) is 0 Å². The van der Waals surface area contributed by atoms with Crippen LogP contribution in [0.25, 0.3) is 90.3 Å². The summed E-state index contributed by atoms with van der Waals surface area (Å²) in [6.07, 6.45) is -0.391. The third-order valence-corrected chi connectivity index (χ3v) is 14.0. The minimum atomic E-state index is -0.391. The average molecular weight is 751 g/mol. The number of hydrogen-bond donors (Lipinski definition) is 1. The topological polar surface area (TPSA) is 34.2 Å². The van der Waals surface area contributed by atoms with Crippen LogP contribution < -0.4 is 5.32 Å². The number of rotatable bonds is 3. The van der Waals surface area contributed by atoms with E-state index in [4.69, 9.17) is 4.99 Å². The minimum Gasteiger partial charge on any atom is -0.338 e. The van der Waals surface area contributed by atoms with Crippen molar-refractivity contribution >= 4 is 118 Å². The summed E-state index contributed by atoms with van der Waals surface area (Å²) in [7, 11) is 0. The van der Waals surface area contributed by atoms with Crippen LogP contribution in [0.2, 0.25) is 0 Å². The number of thiophene rings is 2. The van der Waals surface area contributed by atoms with Crippen LogP contribution >= 0.6 is 22.7 Å². The summed E-state index contributed by atoms with van der Waals surface area (Å²) < 4.78 is 8.74. The Morgan fingerprint density at radius 1 is 0.482 bits per heavy atom. The summed E-state index contributed by atoms with van der Waals surface area (Å²) in [4.78, 5) is 5.83. The van der Waals surface area contributed by atoms with Gasteiger partial charge in [0.1, 0.15) is 5.00 Å². The van der Waals surface area contributed by atoms with Gasteiger partial charge in [0.15, 0.2) is 0 Å². The molecule has 1 aliphatic rings. The van der Waals surface area contributed by atoms with E-state index in [-0.39, 0.29) is 0 Å². The van der Waals surface area contributed by atoms with Crippen molar-refractivity contribution in [3.63, 3.8) is 0 Å². The fraction of sp³-hybridized carbons (Fsp3) is 0.0200. The molecular formula is C50H30N4S2. The predicted molar refractivity (Wildman–Crippen MR) is 241 cm³/mol. The molecule has 0 spiro atoms. The van der Waals surface area contributed by atoms with Crippen LogP contribution in [0, 0.1) is 0 Å². The van der Waals surface area contributed by atoms with Crippen molar-refractivity contribution in [2.45, 2.75) is 6.29 Å². The number of nitrogens with one attached hydrogen (secondary N) is 1. The molecule has 4 nitrogen and oxygen atoms in total. The minimum absolute atomic E-state index is 0.391. The molecule has 4 aromatic heterocycles. The number of hydrogen-bond acceptors (Lipinski definition) is 4. The summed E-state index contributed by atoms with van der Waals surface area (Å²) in [6.45, 7) is 0. The Labute approximate surface area is 328 Å². The number of para-hydroxylation sites is 3. The molecule has 6 heteroatoms. The molecule has 12 aromatic rings. The number of nitrogens with zero attached hydrogens (tertiary/aromatic N) is 3. The molecule has 0 bridgehead atoms. The Kier molecular flexibility index (Phi) is 6.23. The number of fused-ring (bicyclic) bond motifs is 16. The van der Waals surface area contributed by atoms with Gasteiger partial charge in [0.25, 0.3) is 0 Å². The van der Waals surface area contributed by atoms with Crippen LogP contribution in [0.5, 0.6) is 0 Å². The van der Waals surface area contributed by atoms with Crippen molar-refractivity contribution in [3.8, 4) is 5.69 Å². The van der Waals surface area contributed by atoms with Crippen LogP contribution in [0.1, 0.15) is 17.4 Å². The molecule has 56 heavy (non-hydrogen) atoms. The molecule has 0 amide bonds. The maximum Gasteiger partial charge on any atom is 0.202 e. The van der Waals surface area contributed by atoms with Gasteiger partial charge in [0, 0.05) is 74.0 Å². The Morgan fingerprint density at radius 2 is 1.11 bits per heavy atom. The number of aliphatic imine (C=N–C) groups is 1. The van der Waals surface area contributed by atoms with Crippen molar-refractivity contribution in [1.29, 1.82) is 0 Å². The molecular weight excluding hydrogens is 721 g/mol. The molecule has 5 heterocycles. The monoisotopic (exact) mass is 750 g/mol. The zero-order valence-electron chi connectivity index (χ0n) is 29.9. The van der Waals surface area contributed by atoms with E-state index in [0.717, 1.165) is 22.0 Å². The summed E-state index contributed by atoms with van der Waals surface area (Å²) in [6, 6.07) is 61.9. The Morgan fingerprint density at radius 3 is 1.93 bits per heavy atom. The van der Waals surface area contributed by atoms with Gasteiger partial charge in [-0.2, -0.15) is 0 Å². The van der Waals surface area contributed by atoms with E-state index < -0.39 is 6.29 Å². The van der Waals surface area contributed by atoms with Crippen molar-refractivity contribution in [2.24, 2.45) is 4.99 Å². The van der Waals surface area contributed by atoms with Crippen molar-refractivity contribution < 1.29 is 0 Å². The van der Waals surface area contributed by atoms with Crippen LogP contribution in [0.3, 0.4) is 0 Å². The lowest BCUT2D eigenvalue weighted by molar-refractivity contribution is 0.628. The first-order chi connectivity index (χ1) is 27.8. The maximum atomic E-state index is 5.83. The van der Waals surface area contributed by atoms with E-state index >= 15 is 0 Å². The number of benzene rings is 8. The highest BCUT2D eigenvalue weighted by molar-refractivity contribution is 7.27. The lowest BCUT2D eigenvalue weighted by Crippen LogP contribution is -2.24. The Hall–Kier alpha value is -6.73. The zero-order valence-corrected chi connectivity index (χ0v) is 31.5. The van der Waals surface area contributed by atoms with Gasteiger partial charge < -0.3 is 14.5 Å². The molecule has 1 atom stereocenters. The molecule has 0 saturated heterocycles. The lowest BCUT2D eigenvalue weighted by Gasteiger charge is -2.26. The van der Waals surface area contributed by atoms with E-state index in [0.29, 0.717) is 0 Å². The van der Waals surface area contributed by atoms with Crippen molar-refractivity contribution in [2.75, 3.05) is 5.32 Å². The first-order valence-electron chi connectivity index (χ1n) is 19.0. The number of anilines is 1. The zero-order chi connectivity index (χ0) is 36.5. The van der Waals surface area contributed by atoms with E-state index in [1.165, 1.54) is 90.2 Å². The second-order valence-corrected chi connectivity index (χ2v) is 16.8. The van der Waals surface area contributed by atoms with Gasteiger partial charge in [-0.1, -0.05) is 121 Å². The molecule has 0 aliphatic carbocycles. The van der Waals surface area contributed by atoms with Gasteiger partial charge >= 0.3 is 0 Å². The molecule has 0 radical (unpaired) electrons. The fourth-order valence-electron chi connectivity index (χ4n) is 9.44. The van der Waals surface area contributed by atoms with Gasteiger partial charge in [-0.05, 0) is 53.9 Å². The lowest BCUT2D eigenvalue weighted by atomic mass is 9.98. The van der Waals surface area contributed by atoms with Gasteiger partial charge in [-0.25, -0.2) is 4.99 Å². The summed E-state index contributed by atoms with van der Waals surface area (Å²) in [5.74, 6) is 0. The Bertz CT molecular complexity index is 3640. The molecule has 1 aliphatic heterocycles. The van der Waals surface area contributed by atoms with Gasteiger partial charge in [0.2, 0.25) is 6.29 Å². The third kappa shape index (κ3) is 4.09. The van der Waals surface area contributed by atoms with Crippen LogP contribution in [-0.4, -0.2) is 14.8 Å². The molecule has 1 N–H and O–H groups in total. The highest BCUT2D eigenvalue weighted by Gasteiger charge is 2.31. The summed E-state index contributed by atoms with van der Waals surface area (Å²) in [5, 5.41) is 16.5. The third-order valence-electron chi connectivity index (χ3n) is 11.7. The van der Waals surface area contributed by atoms with Crippen LogP contribution in [-0.2, 0) is 0 Å². The SMILES string of the molecule is c1ccc(-n2c3ccccc3c3cc(C4=NC(n5c6ccccc6c6c7ccccc7c7sc8ccccc8c7c65)Nc5sc6ccccc6c54)ccc32)cc1. The quantitative estimate of drug-likeness (QED) is 0.192. The second kappa shape index (κ2) is 11.4. The average Bonchev–Trinajstić information content (AvgIpc) is 4.01. The molecule has 8 aromatic carbocycles. The Balaban J connectivity index is 1.14. The van der Waals surface area contributed by atoms with Crippen molar-refractivity contribution in [1.82, 2.24) is 9.13 Å². The molecule has 262 valence electrons. The first kappa shape index (κ1) is 30.6. The molecule has 1 unspecified atom stereocenters. The highest BCUT2D eigenvalue weighted by Crippen LogP contribution is 2.50. The van der Waals surface area contributed by atoms with Crippen LogP contribution in [0.4, 0.5) is 5.00 Å². The van der Waals surface area contributed by atoms with Gasteiger partial charge in [-0.3, -0.25) is 0 Å². The van der Waals surface area contributed by atoms with E-state index in [1.54, 1.807) is 0 Å². The van der Waals surface area contributed by atoms with E-state index in [1.807, 2.05) is 22.7 Å². The maximum absolute atomic E-state index is 5.83. The largest absolute Gasteiger partial charge is 0.338 e.